The standard InChI is InChI=1S/C14H13ClN4S2/c1-9-16-10(7-20-9)8-21-14-18-17-13(19(14)2)11-5-3-4-6-12(11)15/h3-7H,8H2,1-2H3. The van der Waals surface area contributed by atoms with Crippen LogP contribution >= 0.6 is 34.7 Å². The van der Waals surface area contributed by atoms with Gasteiger partial charge in [0.15, 0.2) is 11.0 Å². The number of hydrogen-bond donors (Lipinski definition) is 0. The molecule has 0 spiro atoms. The summed E-state index contributed by atoms with van der Waals surface area (Å²) in [6.07, 6.45) is 0. The second-order valence-electron chi connectivity index (χ2n) is 4.49. The number of thioether (sulfide) groups is 1. The molecule has 0 unspecified atom stereocenters. The lowest BCUT2D eigenvalue weighted by atomic mass is 10.2. The molecule has 0 aliphatic rings. The van der Waals surface area contributed by atoms with Crippen molar-refractivity contribution in [2.45, 2.75) is 17.8 Å². The monoisotopic (exact) mass is 336 g/mol. The summed E-state index contributed by atoms with van der Waals surface area (Å²) < 4.78 is 1.96. The lowest BCUT2D eigenvalue weighted by Gasteiger charge is -2.04. The van der Waals surface area contributed by atoms with E-state index < -0.39 is 0 Å². The summed E-state index contributed by atoms with van der Waals surface area (Å²) >= 11 is 9.51. The number of aromatic nitrogens is 4. The van der Waals surface area contributed by atoms with Crippen LogP contribution in [0.5, 0.6) is 0 Å². The Hall–Kier alpha value is -1.37. The van der Waals surface area contributed by atoms with Crippen molar-refractivity contribution in [1.29, 1.82) is 0 Å². The average Bonchev–Trinajstić information content (AvgIpc) is 3.04. The van der Waals surface area contributed by atoms with Gasteiger partial charge in [-0.05, 0) is 19.1 Å². The van der Waals surface area contributed by atoms with E-state index in [4.69, 9.17) is 11.6 Å². The van der Waals surface area contributed by atoms with Crippen LogP contribution in [0.4, 0.5) is 0 Å². The van der Waals surface area contributed by atoms with E-state index in [0.717, 1.165) is 33.0 Å². The molecule has 3 aromatic rings. The summed E-state index contributed by atoms with van der Waals surface area (Å²) in [7, 11) is 1.95. The fourth-order valence-electron chi connectivity index (χ4n) is 1.93. The summed E-state index contributed by atoms with van der Waals surface area (Å²) in [5.41, 5.74) is 1.97. The highest BCUT2D eigenvalue weighted by atomic mass is 35.5. The van der Waals surface area contributed by atoms with Gasteiger partial charge in [-0.1, -0.05) is 35.5 Å². The van der Waals surface area contributed by atoms with Crippen molar-refractivity contribution < 1.29 is 0 Å². The largest absolute Gasteiger partial charge is 0.305 e. The normalized spacial score (nSPS) is 11.0. The van der Waals surface area contributed by atoms with Gasteiger partial charge in [-0.25, -0.2) is 4.98 Å². The second-order valence-corrected chi connectivity index (χ2v) is 6.90. The molecule has 0 radical (unpaired) electrons. The summed E-state index contributed by atoms with van der Waals surface area (Å²) in [5, 5.41) is 13.2. The van der Waals surface area contributed by atoms with Crippen LogP contribution in [0.15, 0.2) is 34.8 Å². The summed E-state index contributed by atoms with van der Waals surface area (Å²) in [6, 6.07) is 7.66. The zero-order valence-corrected chi connectivity index (χ0v) is 14.0. The van der Waals surface area contributed by atoms with Crippen LogP contribution in [0, 0.1) is 6.92 Å². The van der Waals surface area contributed by atoms with Crippen LogP contribution in [0.1, 0.15) is 10.7 Å². The molecular weight excluding hydrogens is 324 g/mol. The second kappa shape index (κ2) is 6.17. The van der Waals surface area contributed by atoms with Gasteiger partial charge in [0.1, 0.15) is 0 Å². The molecule has 2 aromatic heterocycles. The number of rotatable bonds is 4. The van der Waals surface area contributed by atoms with E-state index in [-0.39, 0.29) is 0 Å². The predicted molar refractivity (Wildman–Crippen MR) is 87.9 cm³/mol. The van der Waals surface area contributed by atoms with Crippen LogP contribution in [-0.4, -0.2) is 19.7 Å². The van der Waals surface area contributed by atoms with E-state index in [1.54, 1.807) is 23.1 Å². The molecule has 0 fully saturated rings. The smallest absolute Gasteiger partial charge is 0.191 e. The Morgan fingerprint density at radius 3 is 2.81 bits per heavy atom. The van der Waals surface area contributed by atoms with E-state index >= 15 is 0 Å². The first-order valence-electron chi connectivity index (χ1n) is 6.33. The highest BCUT2D eigenvalue weighted by Crippen LogP contribution is 2.29. The van der Waals surface area contributed by atoms with Gasteiger partial charge >= 0.3 is 0 Å². The lowest BCUT2D eigenvalue weighted by molar-refractivity contribution is 0.793. The Morgan fingerprint density at radius 1 is 1.29 bits per heavy atom. The third kappa shape index (κ3) is 3.12. The summed E-state index contributed by atoms with van der Waals surface area (Å²) in [6.45, 7) is 2.01. The summed E-state index contributed by atoms with van der Waals surface area (Å²) in [4.78, 5) is 4.45. The first-order chi connectivity index (χ1) is 10.1. The average molecular weight is 337 g/mol. The maximum absolute atomic E-state index is 6.22. The zero-order valence-electron chi connectivity index (χ0n) is 11.6. The van der Waals surface area contributed by atoms with E-state index in [1.807, 2.05) is 42.8 Å². The molecule has 0 saturated heterocycles. The number of aryl methyl sites for hydroxylation is 1. The molecule has 0 N–H and O–H groups in total. The van der Waals surface area contributed by atoms with Gasteiger partial charge in [0.05, 0.1) is 15.7 Å². The van der Waals surface area contributed by atoms with Crippen molar-refractivity contribution in [1.82, 2.24) is 19.7 Å². The van der Waals surface area contributed by atoms with E-state index in [1.165, 1.54) is 0 Å². The fraction of sp³-hybridized carbons (Fsp3) is 0.214. The molecular formula is C14H13ClN4S2. The summed E-state index contributed by atoms with van der Waals surface area (Å²) in [5.74, 6) is 1.57. The molecule has 3 rings (SSSR count). The molecule has 21 heavy (non-hydrogen) atoms. The molecule has 0 bridgehead atoms. The number of hydrogen-bond acceptors (Lipinski definition) is 5. The van der Waals surface area contributed by atoms with Crippen molar-refractivity contribution in [2.75, 3.05) is 0 Å². The molecule has 0 saturated carbocycles. The topological polar surface area (TPSA) is 43.6 Å². The van der Waals surface area contributed by atoms with Crippen molar-refractivity contribution in [3.8, 4) is 11.4 Å². The van der Waals surface area contributed by atoms with Crippen molar-refractivity contribution in [3.05, 3.63) is 45.4 Å². The van der Waals surface area contributed by atoms with Gasteiger partial charge in [0, 0.05) is 23.7 Å². The number of benzene rings is 1. The minimum atomic E-state index is 0.680. The molecule has 0 atom stereocenters. The number of halogens is 1. The Bertz CT molecular complexity index is 766. The van der Waals surface area contributed by atoms with Gasteiger partial charge in [-0.3, -0.25) is 0 Å². The third-order valence-electron chi connectivity index (χ3n) is 2.97. The Balaban J connectivity index is 1.81. The predicted octanol–water partition coefficient (Wildman–Crippen LogP) is 4.19. The van der Waals surface area contributed by atoms with Crippen LogP contribution in [0.25, 0.3) is 11.4 Å². The lowest BCUT2D eigenvalue weighted by Crippen LogP contribution is -1.95. The van der Waals surface area contributed by atoms with E-state index in [0.29, 0.717) is 5.02 Å². The van der Waals surface area contributed by atoms with E-state index in [9.17, 15) is 0 Å². The van der Waals surface area contributed by atoms with Gasteiger partial charge in [-0.15, -0.1) is 21.5 Å². The van der Waals surface area contributed by atoms with E-state index in [2.05, 4.69) is 20.6 Å². The molecule has 0 aliphatic carbocycles. The van der Waals surface area contributed by atoms with Crippen LogP contribution in [0.3, 0.4) is 0 Å². The third-order valence-corrected chi connectivity index (χ3v) is 5.17. The highest BCUT2D eigenvalue weighted by Gasteiger charge is 2.13. The Morgan fingerprint density at radius 2 is 2.10 bits per heavy atom. The van der Waals surface area contributed by atoms with Crippen molar-refractivity contribution in [3.63, 3.8) is 0 Å². The molecule has 1 aromatic carbocycles. The Kier molecular flexibility index (Phi) is 4.28. The number of thiazole rings is 1. The van der Waals surface area contributed by atoms with Gasteiger partial charge in [0.2, 0.25) is 0 Å². The van der Waals surface area contributed by atoms with Gasteiger partial charge in [-0.2, -0.15) is 0 Å². The SMILES string of the molecule is Cc1nc(CSc2nnc(-c3ccccc3Cl)n2C)cs1. The van der Waals surface area contributed by atoms with Crippen molar-refractivity contribution >= 4 is 34.7 Å². The highest BCUT2D eigenvalue weighted by molar-refractivity contribution is 7.98. The van der Waals surface area contributed by atoms with Crippen LogP contribution < -0.4 is 0 Å². The van der Waals surface area contributed by atoms with Gasteiger partial charge in [0.25, 0.3) is 0 Å². The number of nitrogens with zero attached hydrogens (tertiary/aromatic N) is 4. The molecule has 0 aliphatic heterocycles. The Labute approximate surface area is 136 Å². The molecule has 7 heteroatoms. The van der Waals surface area contributed by atoms with Crippen molar-refractivity contribution in [2.24, 2.45) is 7.05 Å². The van der Waals surface area contributed by atoms with Crippen LogP contribution in [-0.2, 0) is 12.8 Å². The fourth-order valence-corrected chi connectivity index (χ4v) is 3.67. The maximum atomic E-state index is 6.22. The van der Waals surface area contributed by atoms with Gasteiger partial charge < -0.3 is 4.57 Å². The molecule has 2 heterocycles. The van der Waals surface area contributed by atoms with Crippen LogP contribution in [0.2, 0.25) is 5.02 Å². The minimum Gasteiger partial charge on any atom is -0.305 e. The maximum Gasteiger partial charge on any atom is 0.191 e. The molecule has 0 amide bonds. The molecule has 4 nitrogen and oxygen atoms in total. The first kappa shape index (κ1) is 14.6. The quantitative estimate of drug-likeness (QED) is 0.670. The zero-order chi connectivity index (χ0) is 14.8. The minimum absolute atomic E-state index is 0.680. The first-order valence-corrected chi connectivity index (χ1v) is 8.57. The molecule has 108 valence electrons.